The van der Waals surface area contributed by atoms with E-state index in [1.54, 1.807) is 0 Å². The highest BCUT2D eigenvalue weighted by atomic mass is 19.2. The van der Waals surface area contributed by atoms with Crippen molar-refractivity contribution in [3.63, 3.8) is 0 Å². The van der Waals surface area contributed by atoms with Gasteiger partial charge < -0.3 is 5.11 Å². The van der Waals surface area contributed by atoms with Crippen LogP contribution in [0.3, 0.4) is 0 Å². The first-order chi connectivity index (χ1) is 6.04. The van der Waals surface area contributed by atoms with E-state index in [1.807, 2.05) is 0 Å². The van der Waals surface area contributed by atoms with Gasteiger partial charge in [0, 0.05) is 13.2 Å². The summed E-state index contributed by atoms with van der Waals surface area (Å²) in [4.78, 5) is 0. The zero-order valence-corrected chi connectivity index (χ0v) is 6.41. The van der Waals surface area contributed by atoms with Crippen molar-refractivity contribution in [2.75, 3.05) is 7.11 Å². The summed E-state index contributed by atoms with van der Waals surface area (Å²) in [5.74, 6) is -9.65. The molecule has 6 heteroatoms. The zero-order chi connectivity index (χ0) is 10.6. The molecule has 0 amide bonds. The van der Waals surface area contributed by atoms with Gasteiger partial charge >= 0.3 is 0 Å². The normalized spacial score (nSPS) is 9.15. The molecule has 0 aliphatic heterocycles. The van der Waals surface area contributed by atoms with Crippen molar-refractivity contribution in [1.29, 1.82) is 0 Å². The van der Waals surface area contributed by atoms with Crippen LogP contribution in [0, 0.1) is 29.1 Å². The average Bonchev–Trinajstić information content (AvgIpc) is 2.15. The summed E-state index contributed by atoms with van der Waals surface area (Å²) in [5, 5.41) is 7.00. The molecule has 1 aromatic carbocycles. The summed E-state index contributed by atoms with van der Waals surface area (Å²) in [7, 11) is 1.00. The molecule has 0 unspecified atom stereocenters. The lowest BCUT2D eigenvalue weighted by Gasteiger charge is -1.96. The Morgan fingerprint density at radius 3 is 1.38 bits per heavy atom. The Morgan fingerprint density at radius 1 is 0.769 bits per heavy atom. The van der Waals surface area contributed by atoms with E-state index >= 15 is 0 Å². The van der Waals surface area contributed by atoms with Crippen LogP contribution in [0.4, 0.5) is 22.0 Å². The summed E-state index contributed by atoms with van der Waals surface area (Å²) in [6, 6.07) is -0.0618. The van der Waals surface area contributed by atoms with Crippen LogP contribution in [-0.2, 0) is 0 Å². The first-order valence-electron chi connectivity index (χ1n) is 2.97. The first kappa shape index (κ1) is 11.8. The van der Waals surface area contributed by atoms with E-state index in [0.29, 0.717) is 0 Å². The van der Waals surface area contributed by atoms with Crippen LogP contribution in [0.2, 0.25) is 0 Å². The van der Waals surface area contributed by atoms with Gasteiger partial charge in [-0.15, -0.1) is 0 Å². The molecule has 1 N–H and O–H groups in total. The minimum absolute atomic E-state index is 0.0618. The number of hydrogen-bond acceptors (Lipinski definition) is 1. The minimum atomic E-state index is -2.14. The lowest BCUT2D eigenvalue weighted by Crippen LogP contribution is -1.98. The fourth-order valence-corrected chi connectivity index (χ4v) is 0.544. The van der Waals surface area contributed by atoms with E-state index in [-0.39, 0.29) is 6.07 Å². The SMILES string of the molecule is CO.Fc1cc(F)c(F)c(F)c1F. The van der Waals surface area contributed by atoms with Gasteiger partial charge in [0.2, 0.25) is 5.82 Å². The van der Waals surface area contributed by atoms with Gasteiger partial charge in [0.15, 0.2) is 23.3 Å². The largest absolute Gasteiger partial charge is 0.400 e. The molecule has 1 aromatic rings. The third-order valence-corrected chi connectivity index (χ3v) is 1.06. The van der Waals surface area contributed by atoms with Crippen molar-refractivity contribution in [3.05, 3.63) is 35.2 Å². The molecule has 0 aliphatic carbocycles. The number of rotatable bonds is 0. The van der Waals surface area contributed by atoms with Gasteiger partial charge in [-0.2, -0.15) is 0 Å². The van der Waals surface area contributed by atoms with Crippen molar-refractivity contribution in [2.24, 2.45) is 0 Å². The Hall–Kier alpha value is -1.17. The highest BCUT2D eigenvalue weighted by molar-refractivity contribution is 5.12. The summed E-state index contributed by atoms with van der Waals surface area (Å²) in [6.07, 6.45) is 0. The fraction of sp³-hybridized carbons (Fsp3) is 0.143. The van der Waals surface area contributed by atoms with E-state index < -0.39 is 29.1 Å². The second-order valence-corrected chi connectivity index (χ2v) is 1.78. The Balaban J connectivity index is 0.000000671. The quantitative estimate of drug-likeness (QED) is 0.385. The van der Waals surface area contributed by atoms with Crippen molar-refractivity contribution in [3.8, 4) is 0 Å². The van der Waals surface area contributed by atoms with Crippen LogP contribution >= 0.6 is 0 Å². The molecule has 1 nitrogen and oxygen atoms in total. The molecule has 0 aliphatic rings. The Labute approximate surface area is 70.4 Å². The summed E-state index contributed by atoms with van der Waals surface area (Å²) in [6.45, 7) is 0. The molecule has 0 saturated heterocycles. The molecule has 0 heterocycles. The second kappa shape index (κ2) is 4.76. The van der Waals surface area contributed by atoms with Crippen LogP contribution in [0.15, 0.2) is 6.07 Å². The van der Waals surface area contributed by atoms with Crippen molar-refractivity contribution in [1.82, 2.24) is 0 Å². The molecular formula is C7H5F5O. The highest BCUT2D eigenvalue weighted by Gasteiger charge is 2.18. The van der Waals surface area contributed by atoms with E-state index in [0.717, 1.165) is 7.11 Å². The molecule has 13 heavy (non-hydrogen) atoms. The standard InChI is InChI=1S/C6HF5.CH4O/c7-2-1-3(8)5(10)6(11)4(2)9;1-2/h1H;2H,1H3. The molecule has 0 saturated carbocycles. The predicted molar refractivity (Wildman–Crippen MR) is 34.4 cm³/mol. The number of halogens is 5. The molecule has 0 bridgehead atoms. The van der Waals surface area contributed by atoms with Gasteiger partial charge in [0.05, 0.1) is 0 Å². The molecule has 1 rings (SSSR count). The maximum atomic E-state index is 12.0. The van der Waals surface area contributed by atoms with Crippen LogP contribution in [0.25, 0.3) is 0 Å². The lowest BCUT2D eigenvalue weighted by atomic mass is 10.3. The van der Waals surface area contributed by atoms with Gasteiger partial charge in [-0.05, 0) is 0 Å². The highest BCUT2D eigenvalue weighted by Crippen LogP contribution is 2.16. The summed E-state index contributed by atoms with van der Waals surface area (Å²) >= 11 is 0. The molecule has 0 radical (unpaired) electrons. The smallest absolute Gasteiger partial charge is 0.200 e. The lowest BCUT2D eigenvalue weighted by molar-refractivity contribution is 0.378. The van der Waals surface area contributed by atoms with E-state index in [1.165, 1.54) is 0 Å². The summed E-state index contributed by atoms with van der Waals surface area (Å²) in [5.41, 5.74) is 0. The number of aliphatic hydroxyl groups is 1. The third kappa shape index (κ3) is 2.38. The summed E-state index contributed by atoms with van der Waals surface area (Å²) < 4.78 is 60.0. The Bertz CT molecular complexity index is 273. The molecule has 0 spiro atoms. The van der Waals surface area contributed by atoms with Crippen LogP contribution in [-0.4, -0.2) is 12.2 Å². The third-order valence-electron chi connectivity index (χ3n) is 1.06. The van der Waals surface area contributed by atoms with Gasteiger partial charge in [0.25, 0.3) is 0 Å². The molecular weight excluding hydrogens is 195 g/mol. The second-order valence-electron chi connectivity index (χ2n) is 1.78. The monoisotopic (exact) mass is 200 g/mol. The van der Waals surface area contributed by atoms with Crippen molar-refractivity contribution < 1.29 is 27.1 Å². The van der Waals surface area contributed by atoms with Crippen LogP contribution in [0.5, 0.6) is 0 Å². The van der Waals surface area contributed by atoms with E-state index in [9.17, 15) is 22.0 Å². The Morgan fingerprint density at radius 2 is 1.08 bits per heavy atom. The van der Waals surface area contributed by atoms with Gasteiger partial charge in [-0.25, -0.2) is 22.0 Å². The van der Waals surface area contributed by atoms with E-state index in [2.05, 4.69) is 0 Å². The maximum Gasteiger partial charge on any atom is 0.200 e. The molecule has 0 aromatic heterocycles. The Kier molecular flexibility index (Phi) is 4.33. The topological polar surface area (TPSA) is 20.2 Å². The number of aliphatic hydroxyl groups excluding tert-OH is 1. The van der Waals surface area contributed by atoms with Crippen LogP contribution < -0.4 is 0 Å². The molecule has 0 fully saturated rings. The van der Waals surface area contributed by atoms with Gasteiger partial charge in [-0.1, -0.05) is 0 Å². The zero-order valence-electron chi connectivity index (χ0n) is 6.41. The van der Waals surface area contributed by atoms with Crippen molar-refractivity contribution in [2.45, 2.75) is 0 Å². The van der Waals surface area contributed by atoms with E-state index in [4.69, 9.17) is 5.11 Å². The average molecular weight is 200 g/mol. The first-order valence-corrected chi connectivity index (χ1v) is 2.97. The molecule has 74 valence electrons. The van der Waals surface area contributed by atoms with Crippen LogP contribution in [0.1, 0.15) is 0 Å². The fourth-order valence-electron chi connectivity index (χ4n) is 0.544. The minimum Gasteiger partial charge on any atom is -0.400 e. The predicted octanol–water partition coefficient (Wildman–Crippen LogP) is 1.99. The maximum absolute atomic E-state index is 12.0. The van der Waals surface area contributed by atoms with Gasteiger partial charge in [0.1, 0.15) is 0 Å². The number of benzene rings is 1. The molecule has 0 atom stereocenters. The van der Waals surface area contributed by atoms with Gasteiger partial charge in [-0.3, -0.25) is 0 Å². The number of hydrogen-bond donors (Lipinski definition) is 1. The van der Waals surface area contributed by atoms with Crippen molar-refractivity contribution >= 4 is 0 Å².